The van der Waals surface area contributed by atoms with Gasteiger partial charge in [-0.05, 0) is 36.2 Å². The Labute approximate surface area is 141 Å². The van der Waals surface area contributed by atoms with E-state index in [0.717, 1.165) is 25.3 Å². The largest absolute Gasteiger partial charge is 0.378 e. The number of fused-ring (bicyclic) bond motifs is 3. The zero-order valence-corrected chi connectivity index (χ0v) is 13.8. The Morgan fingerprint density at radius 1 is 1.33 bits per heavy atom. The molecule has 1 N–H and O–H groups in total. The molecule has 2 saturated heterocycles. The summed E-state index contributed by atoms with van der Waals surface area (Å²) in [5.74, 6) is 0.0619. The number of nitrogens with one attached hydrogen (secondary N) is 1. The monoisotopic (exact) mass is 326 g/mol. The minimum Gasteiger partial charge on any atom is -0.378 e. The predicted octanol–water partition coefficient (Wildman–Crippen LogP) is 1.13. The number of aryl methyl sites for hydroxylation is 1. The highest BCUT2D eigenvalue weighted by molar-refractivity contribution is 5.79. The van der Waals surface area contributed by atoms with Crippen LogP contribution in [0.3, 0.4) is 0 Å². The molecule has 3 heterocycles. The molecule has 0 saturated carbocycles. The lowest BCUT2D eigenvalue weighted by Gasteiger charge is -2.28. The molecule has 2 aliphatic rings. The normalized spacial score (nSPS) is 24.5. The van der Waals surface area contributed by atoms with Crippen LogP contribution in [0.2, 0.25) is 0 Å². The van der Waals surface area contributed by atoms with Crippen LogP contribution in [-0.4, -0.2) is 52.9 Å². The van der Waals surface area contributed by atoms with Crippen LogP contribution in [0.15, 0.2) is 36.7 Å². The molecule has 126 valence electrons. The first-order valence-corrected chi connectivity index (χ1v) is 8.39. The van der Waals surface area contributed by atoms with Gasteiger partial charge < -0.3 is 10.1 Å². The Morgan fingerprint density at radius 2 is 2.25 bits per heavy atom. The summed E-state index contributed by atoms with van der Waals surface area (Å²) < 4.78 is 7.46. The van der Waals surface area contributed by atoms with Crippen molar-refractivity contribution >= 4 is 5.91 Å². The highest BCUT2D eigenvalue weighted by Gasteiger charge is 2.33. The highest BCUT2D eigenvalue weighted by atomic mass is 16.5. The van der Waals surface area contributed by atoms with Crippen LogP contribution in [0.5, 0.6) is 0 Å². The number of hydrogen-bond donors (Lipinski definition) is 1. The van der Waals surface area contributed by atoms with Gasteiger partial charge in [-0.2, -0.15) is 5.10 Å². The number of amides is 1. The van der Waals surface area contributed by atoms with Crippen LogP contribution >= 0.6 is 0 Å². The third-order valence-corrected chi connectivity index (χ3v) is 4.80. The molecule has 0 radical (unpaired) electrons. The van der Waals surface area contributed by atoms with Crippen molar-refractivity contribution in [3.63, 3.8) is 0 Å². The van der Waals surface area contributed by atoms with Gasteiger partial charge in [-0.15, -0.1) is 0 Å². The van der Waals surface area contributed by atoms with Crippen LogP contribution in [0.1, 0.15) is 11.1 Å². The van der Waals surface area contributed by atoms with E-state index in [1.54, 1.807) is 6.20 Å². The zero-order chi connectivity index (χ0) is 16.5. The zero-order valence-electron chi connectivity index (χ0n) is 13.8. The molecule has 1 amide bonds. The average Bonchev–Trinajstić information content (AvgIpc) is 2.96. The van der Waals surface area contributed by atoms with E-state index in [4.69, 9.17) is 4.74 Å². The summed E-state index contributed by atoms with van der Waals surface area (Å²) in [6.07, 6.45) is 3.73. The molecule has 2 aromatic rings. The van der Waals surface area contributed by atoms with Crippen molar-refractivity contribution in [2.45, 2.75) is 19.5 Å². The summed E-state index contributed by atoms with van der Waals surface area (Å²) in [6.45, 7) is 5.71. The number of rotatable bonds is 3. The summed E-state index contributed by atoms with van der Waals surface area (Å²) in [4.78, 5) is 14.5. The Balaban J connectivity index is 1.52. The first kappa shape index (κ1) is 15.4. The second kappa shape index (κ2) is 6.37. The van der Waals surface area contributed by atoms with Gasteiger partial charge in [0, 0.05) is 32.0 Å². The lowest BCUT2D eigenvalue weighted by molar-refractivity contribution is -0.125. The number of benzene rings is 1. The molecule has 6 nitrogen and oxygen atoms in total. The van der Waals surface area contributed by atoms with Gasteiger partial charge in [0.15, 0.2) is 0 Å². The van der Waals surface area contributed by atoms with E-state index in [9.17, 15) is 4.79 Å². The topological polar surface area (TPSA) is 59.4 Å². The van der Waals surface area contributed by atoms with Crippen LogP contribution in [0.4, 0.5) is 0 Å². The van der Waals surface area contributed by atoms with E-state index >= 15 is 0 Å². The molecule has 1 aromatic carbocycles. The smallest absolute Gasteiger partial charge is 0.227 e. The SMILES string of the molecule is Cc1cc(-n2cccn2)ccc1CN1C[C@H]2COC[C@@H](C1)C(=O)N2. The summed E-state index contributed by atoms with van der Waals surface area (Å²) in [5.41, 5.74) is 3.60. The lowest BCUT2D eigenvalue weighted by atomic mass is 10.1. The van der Waals surface area contributed by atoms with Crippen molar-refractivity contribution in [3.05, 3.63) is 47.8 Å². The number of aromatic nitrogens is 2. The van der Waals surface area contributed by atoms with Crippen molar-refractivity contribution in [1.82, 2.24) is 20.0 Å². The molecule has 24 heavy (non-hydrogen) atoms. The van der Waals surface area contributed by atoms with Crippen LogP contribution < -0.4 is 5.32 Å². The lowest BCUT2D eigenvalue weighted by Crippen LogP contribution is -2.41. The van der Waals surface area contributed by atoms with Gasteiger partial charge in [0.2, 0.25) is 5.91 Å². The van der Waals surface area contributed by atoms with Crippen molar-refractivity contribution in [2.75, 3.05) is 26.3 Å². The minimum absolute atomic E-state index is 0.0684. The molecule has 0 unspecified atom stereocenters. The molecule has 2 aliphatic heterocycles. The summed E-state index contributed by atoms with van der Waals surface area (Å²) in [5, 5.41) is 7.36. The van der Waals surface area contributed by atoms with E-state index < -0.39 is 0 Å². The van der Waals surface area contributed by atoms with Crippen molar-refractivity contribution in [2.24, 2.45) is 5.92 Å². The van der Waals surface area contributed by atoms with Crippen LogP contribution in [0, 0.1) is 12.8 Å². The maximum absolute atomic E-state index is 12.1. The summed E-state index contributed by atoms with van der Waals surface area (Å²) >= 11 is 0. The van der Waals surface area contributed by atoms with Crippen molar-refractivity contribution < 1.29 is 9.53 Å². The molecular formula is C18H22N4O2. The number of carbonyl (C=O) groups excluding carboxylic acids is 1. The molecule has 4 rings (SSSR count). The van der Waals surface area contributed by atoms with E-state index in [2.05, 4.69) is 40.4 Å². The Morgan fingerprint density at radius 3 is 3.04 bits per heavy atom. The molecule has 0 aliphatic carbocycles. The van der Waals surface area contributed by atoms with Crippen LogP contribution in [0.25, 0.3) is 5.69 Å². The molecule has 2 fully saturated rings. The number of hydrogen-bond acceptors (Lipinski definition) is 4. The van der Waals surface area contributed by atoms with E-state index in [1.807, 2.05) is 16.9 Å². The maximum Gasteiger partial charge on any atom is 0.227 e. The minimum atomic E-state index is -0.0684. The van der Waals surface area contributed by atoms with Crippen molar-refractivity contribution in [1.29, 1.82) is 0 Å². The van der Waals surface area contributed by atoms with Gasteiger partial charge >= 0.3 is 0 Å². The summed E-state index contributed by atoms with van der Waals surface area (Å²) in [6, 6.07) is 8.44. The van der Waals surface area contributed by atoms with Gasteiger partial charge in [-0.1, -0.05) is 6.07 Å². The van der Waals surface area contributed by atoms with Gasteiger partial charge in [-0.3, -0.25) is 9.69 Å². The first-order valence-electron chi connectivity index (χ1n) is 8.39. The maximum atomic E-state index is 12.1. The van der Waals surface area contributed by atoms with Gasteiger partial charge in [0.05, 0.1) is 30.9 Å². The summed E-state index contributed by atoms with van der Waals surface area (Å²) in [7, 11) is 0. The number of carbonyl (C=O) groups is 1. The van der Waals surface area contributed by atoms with Gasteiger partial charge in [0.25, 0.3) is 0 Å². The Kier molecular flexibility index (Phi) is 4.08. The third-order valence-electron chi connectivity index (χ3n) is 4.80. The van der Waals surface area contributed by atoms with Crippen LogP contribution in [-0.2, 0) is 16.1 Å². The third kappa shape index (κ3) is 3.07. The van der Waals surface area contributed by atoms with Gasteiger partial charge in [0.1, 0.15) is 0 Å². The van der Waals surface area contributed by atoms with Crippen molar-refractivity contribution in [3.8, 4) is 5.69 Å². The Hall–Kier alpha value is -2.18. The number of nitrogens with zero attached hydrogens (tertiary/aromatic N) is 3. The molecule has 6 heteroatoms. The van der Waals surface area contributed by atoms with E-state index in [-0.39, 0.29) is 17.9 Å². The predicted molar refractivity (Wildman–Crippen MR) is 89.8 cm³/mol. The molecule has 1 aromatic heterocycles. The Bertz CT molecular complexity index is 729. The van der Waals surface area contributed by atoms with E-state index in [0.29, 0.717) is 13.2 Å². The highest BCUT2D eigenvalue weighted by Crippen LogP contribution is 2.20. The molecule has 2 bridgehead atoms. The fraction of sp³-hybridized carbons (Fsp3) is 0.444. The molecule has 0 spiro atoms. The quantitative estimate of drug-likeness (QED) is 0.918. The van der Waals surface area contributed by atoms with E-state index in [1.165, 1.54) is 11.1 Å². The first-order chi connectivity index (χ1) is 11.7. The standard InChI is InChI=1S/C18H22N4O2/c1-13-7-17(22-6-2-5-19-22)4-3-14(13)8-21-9-15-11-24-12-16(10-21)20-18(15)23/h2-7,15-16H,8-12H2,1H3,(H,20,23)/t15-,16+/m1/s1. The second-order valence-corrected chi connectivity index (χ2v) is 6.70. The fourth-order valence-corrected chi connectivity index (χ4v) is 3.51. The molecular weight excluding hydrogens is 304 g/mol. The average molecular weight is 326 g/mol. The number of ether oxygens (including phenoxy) is 1. The van der Waals surface area contributed by atoms with Gasteiger partial charge in [-0.25, -0.2) is 4.68 Å². The molecule has 2 atom stereocenters. The fourth-order valence-electron chi connectivity index (χ4n) is 3.51. The second-order valence-electron chi connectivity index (χ2n) is 6.70.